The van der Waals surface area contributed by atoms with E-state index >= 15 is 0 Å². The molecule has 2 amide bonds. The molecule has 0 atom stereocenters. The van der Waals surface area contributed by atoms with E-state index in [4.69, 9.17) is 4.42 Å². The second-order valence-electron chi connectivity index (χ2n) is 5.99. The van der Waals surface area contributed by atoms with Gasteiger partial charge in [0.15, 0.2) is 0 Å². The Bertz CT molecular complexity index is 988. The van der Waals surface area contributed by atoms with Crippen LogP contribution in [0.25, 0.3) is 0 Å². The van der Waals surface area contributed by atoms with Crippen LogP contribution >= 0.6 is 0 Å². The molecule has 1 aromatic heterocycles. The van der Waals surface area contributed by atoms with Crippen LogP contribution in [0.5, 0.6) is 0 Å². The van der Waals surface area contributed by atoms with Gasteiger partial charge >= 0.3 is 0 Å². The van der Waals surface area contributed by atoms with Crippen molar-refractivity contribution in [3.05, 3.63) is 88.9 Å². The van der Waals surface area contributed by atoms with Crippen LogP contribution in [0.2, 0.25) is 0 Å². The Morgan fingerprint density at radius 1 is 0.926 bits per heavy atom. The summed E-state index contributed by atoms with van der Waals surface area (Å²) in [5.41, 5.74) is 4.98. The Morgan fingerprint density at radius 2 is 1.67 bits per heavy atom. The number of rotatable bonds is 5. The molecule has 2 N–H and O–H groups in total. The number of nitrogens with one attached hydrogen (secondary N) is 2. The normalized spacial score (nSPS) is 10.7. The van der Waals surface area contributed by atoms with Crippen molar-refractivity contribution in [2.75, 3.05) is 5.32 Å². The van der Waals surface area contributed by atoms with Gasteiger partial charge in [0.05, 0.1) is 6.21 Å². The highest BCUT2D eigenvalue weighted by atomic mass is 16.3. The molecular formula is C21H19N3O3. The van der Waals surface area contributed by atoms with Crippen molar-refractivity contribution in [3.8, 4) is 0 Å². The number of anilines is 1. The molecule has 6 heteroatoms. The van der Waals surface area contributed by atoms with Crippen LogP contribution in [-0.4, -0.2) is 18.0 Å². The molecule has 6 nitrogen and oxygen atoms in total. The summed E-state index contributed by atoms with van der Waals surface area (Å²) in [5.74, 6) is 0.781. The average Bonchev–Trinajstić information content (AvgIpc) is 3.07. The van der Waals surface area contributed by atoms with Crippen molar-refractivity contribution in [1.29, 1.82) is 0 Å². The first kappa shape index (κ1) is 18.1. The van der Waals surface area contributed by atoms with Crippen LogP contribution in [0.4, 0.5) is 5.69 Å². The summed E-state index contributed by atoms with van der Waals surface area (Å²) in [6.07, 6.45) is 1.43. The van der Waals surface area contributed by atoms with Crippen molar-refractivity contribution >= 4 is 23.7 Å². The topological polar surface area (TPSA) is 83.7 Å². The highest BCUT2D eigenvalue weighted by Crippen LogP contribution is 2.13. The summed E-state index contributed by atoms with van der Waals surface area (Å²) in [6.45, 7) is 3.71. The maximum Gasteiger partial charge on any atom is 0.271 e. The summed E-state index contributed by atoms with van der Waals surface area (Å²) in [6, 6.07) is 17.5. The molecule has 3 rings (SSSR count). The minimum Gasteiger partial charge on any atom is -0.460 e. The van der Waals surface area contributed by atoms with Crippen LogP contribution < -0.4 is 10.7 Å². The number of hydrogen-bond acceptors (Lipinski definition) is 4. The van der Waals surface area contributed by atoms with E-state index in [-0.39, 0.29) is 11.8 Å². The van der Waals surface area contributed by atoms with Crippen LogP contribution in [0.15, 0.2) is 70.2 Å². The van der Waals surface area contributed by atoms with E-state index in [9.17, 15) is 9.59 Å². The Labute approximate surface area is 156 Å². The van der Waals surface area contributed by atoms with Gasteiger partial charge in [0.1, 0.15) is 11.5 Å². The summed E-state index contributed by atoms with van der Waals surface area (Å²) >= 11 is 0. The molecule has 0 saturated heterocycles. The smallest absolute Gasteiger partial charge is 0.271 e. The SMILES string of the molecule is Cc1ccc(C=NNC(=O)c2ccc(NC(=O)c3ccccc3C)cc2)o1. The molecule has 0 aliphatic carbocycles. The summed E-state index contributed by atoms with van der Waals surface area (Å²) in [5, 5.41) is 6.68. The number of furan rings is 1. The van der Waals surface area contributed by atoms with E-state index in [1.807, 2.05) is 38.1 Å². The molecule has 0 aliphatic heterocycles. The number of hydrogen-bond donors (Lipinski definition) is 2. The quantitative estimate of drug-likeness (QED) is 0.534. The first-order valence-electron chi connectivity index (χ1n) is 8.40. The van der Waals surface area contributed by atoms with Gasteiger partial charge in [-0.15, -0.1) is 0 Å². The molecule has 0 bridgehead atoms. The van der Waals surface area contributed by atoms with E-state index in [1.54, 1.807) is 36.4 Å². The van der Waals surface area contributed by atoms with E-state index in [0.29, 0.717) is 22.6 Å². The first-order valence-corrected chi connectivity index (χ1v) is 8.40. The van der Waals surface area contributed by atoms with E-state index in [0.717, 1.165) is 11.3 Å². The molecule has 27 heavy (non-hydrogen) atoms. The number of carbonyl (C=O) groups is 2. The van der Waals surface area contributed by atoms with E-state index in [2.05, 4.69) is 15.8 Å². The molecule has 0 unspecified atom stereocenters. The summed E-state index contributed by atoms with van der Waals surface area (Å²) in [7, 11) is 0. The lowest BCUT2D eigenvalue weighted by Crippen LogP contribution is -2.18. The number of aryl methyl sites for hydroxylation is 2. The number of amides is 2. The van der Waals surface area contributed by atoms with Gasteiger partial charge in [0.25, 0.3) is 11.8 Å². The Hall–Kier alpha value is -3.67. The number of nitrogens with zero attached hydrogens (tertiary/aromatic N) is 1. The Balaban J connectivity index is 1.59. The van der Waals surface area contributed by atoms with Crippen LogP contribution in [-0.2, 0) is 0 Å². The second kappa shape index (κ2) is 8.14. The van der Waals surface area contributed by atoms with Gasteiger partial charge in [0, 0.05) is 16.8 Å². The zero-order valence-electron chi connectivity index (χ0n) is 15.0. The minimum atomic E-state index is -0.355. The molecule has 0 spiro atoms. The fraction of sp³-hybridized carbons (Fsp3) is 0.0952. The highest BCUT2D eigenvalue weighted by molar-refractivity contribution is 6.05. The summed E-state index contributed by atoms with van der Waals surface area (Å²) < 4.78 is 5.33. The van der Waals surface area contributed by atoms with Gasteiger partial charge < -0.3 is 9.73 Å². The largest absolute Gasteiger partial charge is 0.460 e. The van der Waals surface area contributed by atoms with Crippen LogP contribution in [0.3, 0.4) is 0 Å². The molecule has 1 heterocycles. The molecule has 3 aromatic rings. The maximum atomic E-state index is 12.3. The van der Waals surface area contributed by atoms with Crippen LogP contribution in [0, 0.1) is 13.8 Å². The third-order valence-electron chi connectivity index (χ3n) is 3.91. The van der Waals surface area contributed by atoms with E-state index in [1.165, 1.54) is 6.21 Å². The standard InChI is InChI=1S/C21H19N3O3/c1-14-5-3-4-6-19(14)21(26)23-17-10-8-16(9-11-17)20(25)24-22-13-18-12-7-15(2)27-18/h3-13H,1-2H3,(H,23,26)(H,24,25). The fourth-order valence-electron chi connectivity index (χ4n) is 2.47. The molecule has 0 fully saturated rings. The minimum absolute atomic E-state index is 0.191. The number of benzene rings is 2. The third-order valence-corrected chi connectivity index (χ3v) is 3.91. The maximum absolute atomic E-state index is 12.3. The second-order valence-corrected chi connectivity index (χ2v) is 5.99. The first-order chi connectivity index (χ1) is 13.0. The zero-order chi connectivity index (χ0) is 19.2. The van der Waals surface area contributed by atoms with Gasteiger partial charge in [-0.1, -0.05) is 18.2 Å². The molecule has 2 aromatic carbocycles. The van der Waals surface area contributed by atoms with Gasteiger partial charge in [-0.2, -0.15) is 5.10 Å². The number of hydrazone groups is 1. The molecule has 0 aliphatic rings. The molecular weight excluding hydrogens is 342 g/mol. The van der Waals surface area contributed by atoms with Gasteiger partial charge in [-0.05, 0) is 61.9 Å². The lowest BCUT2D eigenvalue weighted by atomic mass is 10.1. The fourth-order valence-corrected chi connectivity index (χ4v) is 2.47. The van der Waals surface area contributed by atoms with E-state index < -0.39 is 0 Å². The predicted molar refractivity (Wildman–Crippen MR) is 104 cm³/mol. The summed E-state index contributed by atoms with van der Waals surface area (Å²) in [4.78, 5) is 24.4. The van der Waals surface area contributed by atoms with Crippen molar-refractivity contribution in [1.82, 2.24) is 5.43 Å². The molecule has 0 saturated carbocycles. The highest BCUT2D eigenvalue weighted by Gasteiger charge is 2.09. The lowest BCUT2D eigenvalue weighted by molar-refractivity contribution is 0.0954. The zero-order valence-corrected chi connectivity index (χ0v) is 15.0. The average molecular weight is 361 g/mol. The van der Waals surface area contributed by atoms with Crippen molar-refractivity contribution in [2.24, 2.45) is 5.10 Å². The van der Waals surface area contributed by atoms with Crippen molar-refractivity contribution in [3.63, 3.8) is 0 Å². The van der Waals surface area contributed by atoms with Gasteiger partial charge in [0.2, 0.25) is 0 Å². The van der Waals surface area contributed by atoms with Gasteiger partial charge in [-0.25, -0.2) is 5.43 Å². The monoisotopic (exact) mass is 361 g/mol. The lowest BCUT2D eigenvalue weighted by Gasteiger charge is -2.08. The molecule has 0 radical (unpaired) electrons. The van der Waals surface area contributed by atoms with Crippen LogP contribution in [0.1, 0.15) is 37.8 Å². The van der Waals surface area contributed by atoms with Crippen molar-refractivity contribution in [2.45, 2.75) is 13.8 Å². The van der Waals surface area contributed by atoms with Crippen molar-refractivity contribution < 1.29 is 14.0 Å². The third kappa shape index (κ3) is 4.70. The van der Waals surface area contributed by atoms with Gasteiger partial charge in [-0.3, -0.25) is 9.59 Å². The predicted octanol–water partition coefficient (Wildman–Crippen LogP) is 3.91. The Kier molecular flexibility index (Phi) is 5.47. The molecule has 136 valence electrons. The number of carbonyl (C=O) groups excluding carboxylic acids is 2. The Morgan fingerprint density at radius 3 is 2.33 bits per heavy atom.